The molecule has 7 heteroatoms. The molecular weight excluding hydrogens is 264 g/mol. The van der Waals surface area contributed by atoms with E-state index in [1.807, 2.05) is 0 Å². The van der Waals surface area contributed by atoms with Crippen LogP contribution in [-0.4, -0.2) is 24.6 Å². The first-order valence-corrected chi connectivity index (χ1v) is 7.61. The van der Waals surface area contributed by atoms with E-state index in [1.54, 1.807) is 36.5 Å². The third kappa shape index (κ3) is 4.22. The molecule has 0 atom stereocenters. The van der Waals surface area contributed by atoms with Gasteiger partial charge in [-0.3, -0.25) is 0 Å². The Kier molecular flexibility index (Phi) is 3.66. The minimum atomic E-state index is -3.05. The number of hydrogen-bond donors (Lipinski definition) is 2. The fourth-order valence-corrected chi connectivity index (χ4v) is 2.39. The van der Waals surface area contributed by atoms with Crippen LogP contribution in [0.2, 0.25) is 0 Å². The molecule has 0 saturated carbocycles. The molecule has 2 aromatic rings. The average molecular weight is 278 g/mol. The molecule has 0 radical (unpaired) electrons. The van der Waals surface area contributed by atoms with Gasteiger partial charge in [-0.2, -0.15) is 4.98 Å². The minimum Gasteiger partial charge on any atom is -0.384 e. The van der Waals surface area contributed by atoms with Crippen molar-refractivity contribution in [3.63, 3.8) is 0 Å². The lowest BCUT2D eigenvalue weighted by atomic mass is 10.2. The minimum absolute atomic E-state index is 0.000303. The molecule has 100 valence electrons. The first-order valence-electron chi connectivity index (χ1n) is 5.54. The first kappa shape index (κ1) is 13.3. The van der Waals surface area contributed by atoms with Crippen molar-refractivity contribution in [1.29, 1.82) is 0 Å². The van der Waals surface area contributed by atoms with Crippen LogP contribution in [0.25, 0.3) is 0 Å². The summed E-state index contributed by atoms with van der Waals surface area (Å²) in [4.78, 5) is 8.03. The highest BCUT2D eigenvalue weighted by Crippen LogP contribution is 2.16. The Balaban J connectivity index is 2.20. The predicted molar refractivity (Wildman–Crippen MR) is 74.7 cm³/mol. The number of anilines is 3. The summed E-state index contributed by atoms with van der Waals surface area (Å²) in [5, 5.41) is 2.97. The van der Waals surface area contributed by atoms with Gasteiger partial charge in [0.2, 0.25) is 5.95 Å². The number of sulfone groups is 1. The van der Waals surface area contributed by atoms with Gasteiger partial charge in [-0.15, -0.1) is 0 Å². The molecule has 0 bridgehead atoms. The Labute approximate surface area is 111 Å². The third-order valence-electron chi connectivity index (χ3n) is 2.29. The van der Waals surface area contributed by atoms with E-state index in [4.69, 9.17) is 5.73 Å². The van der Waals surface area contributed by atoms with Crippen molar-refractivity contribution in [3.05, 3.63) is 42.1 Å². The van der Waals surface area contributed by atoms with Crippen LogP contribution in [0.1, 0.15) is 5.56 Å². The van der Waals surface area contributed by atoms with Crippen LogP contribution < -0.4 is 11.1 Å². The van der Waals surface area contributed by atoms with Crippen LogP contribution in [-0.2, 0) is 15.6 Å². The van der Waals surface area contributed by atoms with Crippen molar-refractivity contribution in [1.82, 2.24) is 9.97 Å². The summed E-state index contributed by atoms with van der Waals surface area (Å²) >= 11 is 0. The van der Waals surface area contributed by atoms with Crippen LogP contribution in [0, 0.1) is 0 Å². The number of nitrogens with zero attached hydrogens (tertiary/aromatic N) is 2. The standard InChI is InChI=1S/C12H14N4O2S/c1-19(17,18)8-9-3-2-4-10(7-9)15-12-14-6-5-11(13)16-12/h2-7H,8H2,1H3,(H3,13,14,15,16). The van der Waals surface area contributed by atoms with Crippen molar-refractivity contribution < 1.29 is 8.42 Å². The zero-order valence-electron chi connectivity index (χ0n) is 10.4. The Morgan fingerprint density at radius 1 is 1.32 bits per heavy atom. The number of nitrogens with one attached hydrogen (secondary N) is 1. The van der Waals surface area contributed by atoms with Crippen LogP contribution in [0.5, 0.6) is 0 Å². The van der Waals surface area contributed by atoms with E-state index in [2.05, 4.69) is 15.3 Å². The van der Waals surface area contributed by atoms with Gasteiger partial charge in [0.05, 0.1) is 5.75 Å². The van der Waals surface area contributed by atoms with Crippen molar-refractivity contribution in [2.75, 3.05) is 17.3 Å². The van der Waals surface area contributed by atoms with Gasteiger partial charge in [0.1, 0.15) is 5.82 Å². The molecule has 0 aliphatic rings. The molecule has 2 rings (SSSR count). The SMILES string of the molecule is CS(=O)(=O)Cc1cccc(Nc2nccc(N)n2)c1. The van der Waals surface area contributed by atoms with Crippen molar-refractivity contribution in [2.45, 2.75) is 5.75 Å². The molecule has 0 spiro atoms. The van der Waals surface area contributed by atoms with Crippen molar-refractivity contribution in [3.8, 4) is 0 Å². The Bertz CT molecular complexity index is 686. The summed E-state index contributed by atoms with van der Waals surface area (Å²) in [6.07, 6.45) is 2.75. The van der Waals surface area contributed by atoms with E-state index >= 15 is 0 Å². The third-order valence-corrected chi connectivity index (χ3v) is 3.15. The second-order valence-corrected chi connectivity index (χ2v) is 6.34. The molecule has 0 aliphatic carbocycles. The first-order chi connectivity index (χ1) is 8.92. The van der Waals surface area contributed by atoms with E-state index in [0.29, 0.717) is 23.0 Å². The van der Waals surface area contributed by atoms with Gasteiger partial charge in [0.25, 0.3) is 0 Å². The van der Waals surface area contributed by atoms with E-state index in [9.17, 15) is 8.42 Å². The molecular formula is C12H14N4O2S. The highest BCUT2D eigenvalue weighted by molar-refractivity contribution is 7.89. The van der Waals surface area contributed by atoms with Gasteiger partial charge < -0.3 is 11.1 Å². The van der Waals surface area contributed by atoms with Crippen molar-refractivity contribution in [2.24, 2.45) is 0 Å². The zero-order valence-corrected chi connectivity index (χ0v) is 11.2. The Morgan fingerprint density at radius 2 is 2.11 bits per heavy atom. The van der Waals surface area contributed by atoms with Gasteiger partial charge >= 0.3 is 0 Å². The molecule has 3 N–H and O–H groups in total. The summed E-state index contributed by atoms with van der Waals surface area (Å²) in [7, 11) is -3.05. The lowest BCUT2D eigenvalue weighted by molar-refractivity contribution is 0.601. The largest absolute Gasteiger partial charge is 0.384 e. The maximum Gasteiger partial charge on any atom is 0.229 e. The second-order valence-electron chi connectivity index (χ2n) is 4.20. The highest BCUT2D eigenvalue weighted by Gasteiger charge is 2.05. The molecule has 6 nitrogen and oxygen atoms in total. The van der Waals surface area contributed by atoms with Crippen LogP contribution in [0.4, 0.5) is 17.5 Å². The van der Waals surface area contributed by atoms with Gasteiger partial charge in [-0.25, -0.2) is 13.4 Å². The molecule has 1 heterocycles. The predicted octanol–water partition coefficient (Wildman–Crippen LogP) is 1.35. The van der Waals surface area contributed by atoms with Gasteiger partial charge in [-0.05, 0) is 23.8 Å². The fraction of sp³-hybridized carbons (Fsp3) is 0.167. The molecule has 0 unspecified atom stereocenters. The van der Waals surface area contributed by atoms with Crippen LogP contribution >= 0.6 is 0 Å². The number of nitrogens with two attached hydrogens (primary N) is 1. The maximum absolute atomic E-state index is 11.3. The van der Waals surface area contributed by atoms with Crippen molar-refractivity contribution >= 4 is 27.3 Å². The van der Waals surface area contributed by atoms with Gasteiger partial charge in [0, 0.05) is 18.1 Å². The zero-order chi connectivity index (χ0) is 13.9. The Hall–Kier alpha value is -2.15. The van der Waals surface area contributed by atoms with Gasteiger partial charge in [0.15, 0.2) is 9.84 Å². The van der Waals surface area contributed by atoms with Gasteiger partial charge in [-0.1, -0.05) is 12.1 Å². The number of aromatic nitrogens is 2. The normalized spacial score (nSPS) is 11.2. The number of hydrogen-bond acceptors (Lipinski definition) is 6. The summed E-state index contributed by atoms with van der Waals surface area (Å²) < 4.78 is 22.5. The van der Waals surface area contributed by atoms with E-state index in [0.717, 1.165) is 0 Å². The summed E-state index contributed by atoms with van der Waals surface area (Å²) in [5.74, 6) is 0.738. The maximum atomic E-state index is 11.3. The molecule has 0 saturated heterocycles. The van der Waals surface area contributed by atoms with Crippen LogP contribution in [0.15, 0.2) is 36.5 Å². The lowest BCUT2D eigenvalue weighted by Gasteiger charge is -2.07. The molecule has 0 amide bonds. The van der Waals surface area contributed by atoms with E-state index in [-0.39, 0.29) is 5.75 Å². The van der Waals surface area contributed by atoms with E-state index < -0.39 is 9.84 Å². The fourth-order valence-electron chi connectivity index (χ4n) is 1.60. The number of rotatable bonds is 4. The smallest absolute Gasteiger partial charge is 0.229 e. The number of benzene rings is 1. The quantitative estimate of drug-likeness (QED) is 0.876. The summed E-state index contributed by atoms with van der Waals surface area (Å²) in [6.45, 7) is 0. The van der Waals surface area contributed by atoms with Crippen LogP contribution in [0.3, 0.4) is 0 Å². The lowest BCUT2D eigenvalue weighted by Crippen LogP contribution is -2.02. The summed E-state index contributed by atoms with van der Waals surface area (Å²) in [5.41, 5.74) is 6.97. The molecule has 19 heavy (non-hydrogen) atoms. The molecule has 1 aromatic heterocycles. The molecule has 0 fully saturated rings. The highest BCUT2D eigenvalue weighted by atomic mass is 32.2. The second kappa shape index (κ2) is 5.23. The molecule has 0 aliphatic heterocycles. The Morgan fingerprint density at radius 3 is 2.79 bits per heavy atom. The average Bonchev–Trinajstić information content (AvgIpc) is 2.27. The summed E-state index contributed by atoms with van der Waals surface area (Å²) in [6, 6.07) is 8.67. The molecule has 1 aromatic carbocycles. The topological polar surface area (TPSA) is 98.0 Å². The monoisotopic (exact) mass is 278 g/mol. The van der Waals surface area contributed by atoms with E-state index in [1.165, 1.54) is 6.26 Å². The number of nitrogen functional groups attached to an aromatic ring is 1.